The highest BCUT2D eigenvalue weighted by Crippen LogP contribution is 2.16. The number of aromatic nitrogens is 3. The maximum Gasteiger partial charge on any atom is 0.317 e. The third-order valence-electron chi connectivity index (χ3n) is 1.76. The number of rotatable bonds is 1. The Kier molecular flexibility index (Phi) is 1.88. The summed E-state index contributed by atoms with van der Waals surface area (Å²) in [5.41, 5.74) is 5.68. The Hall–Kier alpha value is -1.63. The Labute approximate surface area is 83.0 Å². The summed E-state index contributed by atoms with van der Waals surface area (Å²) < 4.78 is 6.07. The number of aryl methyl sites for hydroxylation is 1. The van der Waals surface area contributed by atoms with Crippen LogP contribution in [-0.2, 0) is 0 Å². The van der Waals surface area contributed by atoms with E-state index in [1.807, 2.05) is 0 Å². The monoisotopic (exact) mass is 212 g/mol. The second kappa shape index (κ2) is 2.95. The molecule has 2 aromatic rings. The van der Waals surface area contributed by atoms with E-state index in [1.54, 1.807) is 6.92 Å². The summed E-state index contributed by atoms with van der Waals surface area (Å²) in [7, 11) is 1.42. The number of anilines is 1. The number of methoxy groups -OCH3 is 1. The van der Waals surface area contributed by atoms with Crippen LogP contribution in [0.1, 0.15) is 5.69 Å². The minimum atomic E-state index is -0.331. The number of fused-ring (bicyclic) bond motifs is 1. The highest BCUT2D eigenvalue weighted by atomic mass is 32.1. The van der Waals surface area contributed by atoms with Gasteiger partial charge >= 0.3 is 5.56 Å². The number of hydrogen-bond donors (Lipinski definition) is 1. The number of nitrogens with zero attached hydrogens (tertiary/aromatic N) is 3. The van der Waals surface area contributed by atoms with Crippen LogP contribution in [0.3, 0.4) is 0 Å². The lowest BCUT2D eigenvalue weighted by atomic mass is 10.4. The van der Waals surface area contributed by atoms with Crippen LogP contribution in [-0.4, -0.2) is 21.7 Å². The van der Waals surface area contributed by atoms with Crippen LogP contribution in [0.2, 0.25) is 0 Å². The van der Waals surface area contributed by atoms with Crippen molar-refractivity contribution in [3.05, 3.63) is 16.0 Å². The predicted octanol–water partition coefficient (Wildman–Crippen LogP) is 0.0502. The maximum absolute atomic E-state index is 11.7. The molecule has 0 aromatic carbocycles. The molecule has 0 spiro atoms. The van der Waals surface area contributed by atoms with Crippen LogP contribution in [0.4, 0.5) is 5.13 Å². The van der Waals surface area contributed by atoms with E-state index < -0.39 is 0 Å². The van der Waals surface area contributed by atoms with Crippen molar-refractivity contribution in [1.82, 2.24) is 14.6 Å². The fraction of sp³-hybridized carbons (Fsp3) is 0.286. The lowest BCUT2D eigenvalue weighted by Gasteiger charge is -2.01. The van der Waals surface area contributed by atoms with Gasteiger partial charge in [-0.25, -0.2) is 4.98 Å². The molecule has 6 nitrogen and oxygen atoms in total. The van der Waals surface area contributed by atoms with Gasteiger partial charge in [0.05, 0.1) is 12.8 Å². The van der Waals surface area contributed by atoms with Gasteiger partial charge in [0, 0.05) is 0 Å². The van der Waals surface area contributed by atoms with Gasteiger partial charge in [-0.05, 0) is 6.92 Å². The van der Waals surface area contributed by atoms with E-state index in [2.05, 4.69) is 10.1 Å². The first-order valence-corrected chi connectivity index (χ1v) is 4.65. The van der Waals surface area contributed by atoms with Crippen LogP contribution in [0, 0.1) is 6.92 Å². The lowest BCUT2D eigenvalue weighted by molar-refractivity contribution is 0.400. The first-order valence-electron chi connectivity index (χ1n) is 3.83. The maximum atomic E-state index is 11.7. The van der Waals surface area contributed by atoms with E-state index in [-0.39, 0.29) is 11.3 Å². The van der Waals surface area contributed by atoms with Gasteiger partial charge in [0.2, 0.25) is 15.8 Å². The SMILES string of the molecule is COc1c(C)nc2sc(N)nn2c1=O. The molecule has 0 fully saturated rings. The molecule has 0 atom stereocenters. The number of hydrogen-bond acceptors (Lipinski definition) is 6. The quantitative estimate of drug-likeness (QED) is 0.722. The molecule has 14 heavy (non-hydrogen) atoms. The summed E-state index contributed by atoms with van der Waals surface area (Å²) in [5, 5.41) is 4.13. The Morgan fingerprint density at radius 2 is 2.29 bits per heavy atom. The Morgan fingerprint density at radius 3 is 2.93 bits per heavy atom. The molecule has 2 heterocycles. The van der Waals surface area contributed by atoms with Crippen LogP contribution in [0.5, 0.6) is 5.75 Å². The fourth-order valence-electron chi connectivity index (χ4n) is 1.18. The molecular weight excluding hydrogens is 204 g/mol. The molecule has 0 amide bonds. The van der Waals surface area contributed by atoms with Gasteiger partial charge in [-0.1, -0.05) is 11.3 Å². The van der Waals surface area contributed by atoms with E-state index in [0.717, 1.165) is 15.9 Å². The molecular formula is C7H8N4O2S. The number of ether oxygens (including phenoxy) is 1. The van der Waals surface area contributed by atoms with Crippen LogP contribution < -0.4 is 16.0 Å². The van der Waals surface area contributed by atoms with Crippen LogP contribution in [0.15, 0.2) is 4.79 Å². The Balaban J connectivity index is 2.92. The zero-order chi connectivity index (χ0) is 10.3. The average Bonchev–Trinajstić information content (AvgIpc) is 2.47. The Bertz CT molecular complexity index is 544. The molecule has 2 aromatic heterocycles. The van der Waals surface area contributed by atoms with E-state index in [9.17, 15) is 4.79 Å². The highest BCUT2D eigenvalue weighted by molar-refractivity contribution is 7.20. The van der Waals surface area contributed by atoms with Gasteiger partial charge in [-0.3, -0.25) is 4.79 Å². The molecule has 0 bridgehead atoms. The summed E-state index contributed by atoms with van der Waals surface area (Å²) in [6, 6.07) is 0. The predicted molar refractivity (Wildman–Crippen MR) is 52.8 cm³/mol. The minimum absolute atomic E-state index is 0.202. The van der Waals surface area contributed by atoms with Gasteiger partial charge in [0.15, 0.2) is 0 Å². The third-order valence-corrected chi connectivity index (χ3v) is 2.50. The van der Waals surface area contributed by atoms with Crippen molar-refractivity contribution in [3.8, 4) is 5.75 Å². The third kappa shape index (κ3) is 1.13. The van der Waals surface area contributed by atoms with E-state index in [0.29, 0.717) is 15.8 Å². The normalized spacial score (nSPS) is 10.7. The minimum Gasteiger partial charge on any atom is -0.490 e. The van der Waals surface area contributed by atoms with Gasteiger partial charge in [0.1, 0.15) is 0 Å². The van der Waals surface area contributed by atoms with Crippen LogP contribution >= 0.6 is 11.3 Å². The highest BCUT2D eigenvalue weighted by Gasteiger charge is 2.12. The molecule has 2 rings (SSSR count). The second-order valence-corrected chi connectivity index (χ2v) is 3.66. The summed E-state index contributed by atoms with van der Waals surface area (Å²) in [5.74, 6) is 0.202. The molecule has 0 saturated heterocycles. The molecule has 0 aliphatic rings. The smallest absolute Gasteiger partial charge is 0.317 e. The summed E-state index contributed by atoms with van der Waals surface area (Å²) in [6.45, 7) is 1.70. The van der Waals surface area contributed by atoms with Crippen molar-refractivity contribution in [2.75, 3.05) is 12.8 Å². The summed E-state index contributed by atoms with van der Waals surface area (Å²) in [6.07, 6.45) is 0. The van der Waals surface area contributed by atoms with Crippen molar-refractivity contribution in [2.45, 2.75) is 6.92 Å². The molecule has 0 aliphatic carbocycles. The molecule has 0 aliphatic heterocycles. The molecule has 7 heteroatoms. The van der Waals surface area contributed by atoms with Crippen LogP contribution in [0.25, 0.3) is 4.96 Å². The topological polar surface area (TPSA) is 82.5 Å². The Morgan fingerprint density at radius 1 is 1.57 bits per heavy atom. The van der Waals surface area contributed by atoms with Gasteiger partial charge in [-0.2, -0.15) is 4.52 Å². The summed E-state index contributed by atoms with van der Waals surface area (Å²) >= 11 is 1.16. The number of nitrogen functional groups attached to an aromatic ring is 1. The lowest BCUT2D eigenvalue weighted by Crippen LogP contribution is -2.18. The van der Waals surface area contributed by atoms with Crippen molar-refractivity contribution in [1.29, 1.82) is 0 Å². The molecule has 0 radical (unpaired) electrons. The molecule has 0 saturated carbocycles. The van der Waals surface area contributed by atoms with Gasteiger partial charge in [-0.15, -0.1) is 5.10 Å². The van der Waals surface area contributed by atoms with E-state index >= 15 is 0 Å². The zero-order valence-electron chi connectivity index (χ0n) is 7.64. The largest absolute Gasteiger partial charge is 0.490 e. The first-order chi connectivity index (χ1) is 6.63. The molecule has 0 unspecified atom stereocenters. The fourth-order valence-corrected chi connectivity index (χ4v) is 1.88. The van der Waals surface area contributed by atoms with Gasteiger partial charge < -0.3 is 10.5 Å². The molecule has 2 N–H and O–H groups in total. The van der Waals surface area contributed by atoms with Crippen molar-refractivity contribution < 1.29 is 4.74 Å². The number of nitrogens with two attached hydrogens (primary N) is 1. The molecule has 74 valence electrons. The van der Waals surface area contributed by atoms with E-state index in [1.165, 1.54) is 7.11 Å². The standard InChI is InChI=1S/C7H8N4O2S/c1-3-4(13-2)5(12)11-7(9-3)14-6(8)10-11/h1-2H3,(H2,8,10). The zero-order valence-corrected chi connectivity index (χ0v) is 8.46. The second-order valence-electron chi connectivity index (χ2n) is 2.67. The summed E-state index contributed by atoms with van der Waals surface area (Å²) in [4.78, 5) is 16.3. The van der Waals surface area contributed by atoms with Crippen molar-refractivity contribution in [3.63, 3.8) is 0 Å². The van der Waals surface area contributed by atoms with Crippen molar-refractivity contribution >= 4 is 21.4 Å². The first kappa shape index (κ1) is 8.95. The van der Waals surface area contributed by atoms with E-state index in [4.69, 9.17) is 10.5 Å². The average molecular weight is 212 g/mol. The van der Waals surface area contributed by atoms with Crippen molar-refractivity contribution in [2.24, 2.45) is 0 Å². The van der Waals surface area contributed by atoms with Gasteiger partial charge in [0.25, 0.3) is 0 Å².